The fourth-order valence-corrected chi connectivity index (χ4v) is 2.59. The van der Waals surface area contributed by atoms with Gasteiger partial charge in [0.2, 0.25) is 0 Å². The normalized spacial score (nSPS) is 12.2. The Labute approximate surface area is 115 Å². The first-order chi connectivity index (χ1) is 9.21. The minimum absolute atomic E-state index is 0.208. The highest BCUT2D eigenvalue weighted by atomic mass is 32.1. The molecular weight excluding hydrogens is 264 g/mol. The Morgan fingerprint density at radius 3 is 2.63 bits per heavy atom. The van der Waals surface area contributed by atoms with Crippen molar-refractivity contribution in [3.05, 3.63) is 34.3 Å². The summed E-state index contributed by atoms with van der Waals surface area (Å²) in [6.45, 7) is 1.90. The maximum atomic E-state index is 5.67. The molecule has 19 heavy (non-hydrogen) atoms. The fraction of sp³-hybridized carbons (Fsp3) is 0.333. The summed E-state index contributed by atoms with van der Waals surface area (Å²) in [5.74, 6) is 7.11. The number of hydrazine groups is 1. The number of rotatable bonds is 5. The number of aromatic nitrogens is 2. The van der Waals surface area contributed by atoms with Crippen molar-refractivity contribution in [3.63, 3.8) is 0 Å². The van der Waals surface area contributed by atoms with Crippen LogP contribution in [0.3, 0.4) is 0 Å². The van der Waals surface area contributed by atoms with Gasteiger partial charge in [-0.25, -0.2) is 5.43 Å². The summed E-state index contributed by atoms with van der Waals surface area (Å²) in [5, 5.41) is 4.01. The lowest BCUT2D eigenvalue weighted by Crippen LogP contribution is -2.29. The number of nitrogens with one attached hydrogen (secondary N) is 1. The van der Waals surface area contributed by atoms with E-state index in [4.69, 9.17) is 15.3 Å². The second-order valence-corrected chi connectivity index (χ2v) is 4.72. The summed E-state index contributed by atoms with van der Waals surface area (Å²) in [4.78, 5) is 0.964. The van der Waals surface area contributed by atoms with E-state index in [0.717, 1.165) is 21.9 Å². The highest BCUT2D eigenvalue weighted by Crippen LogP contribution is 2.34. The lowest BCUT2D eigenvalue weighted by Gasteiger charge is -2.18. The van der Waals surface area contributed by atoms with Crippen LogP contribution in [-0.4, -0.2) is 23.8 Å². The first-order valence-electron chi connectivity index (χ1n) is 5.68. The van der Waals surface area contributed by atoms with Crippen molar-refractivity contribution in [1.82, 2.24) is 15.0 Å². The molecule has 0 aliphatic carbocycles. The maximum Gasteiger partial charge on any atom is 0.127 e. The molecule has 7 heteroatoms. The number of nitrogens with zero attached hydrogens (tertiary/aromatic N) is 2. The average Bonchev–Trinajstić information content (AvgIpc) is 2.86. The Kier molecular flexibility index (Phi) is 4.31. The molecule has 1 heterocycles. The number of methoxy groups -OCH3 is 2. The van der Waals surface area contributed by atoms with Gasteiger partial charge in [0.15, 0.2) is 0 Å². The molecule has 0 saturated carbocycles. The van der Waals surface area contributed by atoms with Gasteiger partial charge in [0.05, 0.1) is 30.8 Å². The van der Waals surface area contributed by atoms with E-state index in [9.17, 15) is 0 Å². The van der Waals surface area contributed by atoms with Crippen molar-refractivity contribution >= 4 is 11.5 Å². The molecule has 6 nitrogen and oxygen atoms in total. The molecule has 0 fully saturated rings. The van der Waals surface area contributed by atoms with E-state index >= 15 is 0 Å². The average molecular weight is 280 g/mol. The van der Waals surface area contributed by atoms with Gasteiger partial charge in [-0.05, 0) is 30.6 Å². The van der Waals surface area contributed by atoms with Crippen LogP contribution in [0.5, 0.6) is 11.5 Å². The van der Waals surface area contributed by atoms with Crippen molar-refractivity contribution in [2.75, 3.05) is 14.2 Å². The molecule has 0 saturated heterocycles. The summed E-state index contributed by atoms with van der Waals surface area (Å²) in [6.07, 6.45) is 0. The molecular formula is C12H16N4O2S. The van der Waals surface area contributed by atoms with Gasteiger partial charge in [-0.15, -0.1) is 5.10 Å². The zero-order chi connectivity index (χ0) is 13.8. The van der Waals surface area contributed by atoms with Crippen molar-refractivity contribution in [1.29, 1.82) is 0 Å². The minimum Gasteiger partial charge on any atom is -0.497 e. The zero-order valence-corrected chi connectivity index (χ0v) is 11.8. The van der Waals surface area contributed by atoms with Gasteiger partial charge in [-0.3, -0.25) is 5.84 Å². The Balaban J connectivity index is 2.46. The zero-order valence-electron chi connectivity index (χ0n) is 11.0. The Morgan fingerprint density at radius 1 is 1.32 bits per heavy atom. The van der Waals surface area contributed by atoms with Gasteiger partial charge in [0, 0.05) is 11.6 Å². The molecule has 0 radical (unpaired) electrons. The van der Waals surface area contributed by atoms with Gasteiger partial charge in [0.1, 0.15) is 11.5 Å². The number of ether oxygens (including phenoxy) is 2. The lowest BCUT2D eigenvalue weighted by atomic mass is 10.0. The highest BCUT2D eigenvalue weighted by Gasteiger charge is 2.21. The summed E-state index contributed by atoms with van der Waals surface area (Å²) >= 11 is 1.32. The molecule has 0 bridgehead atoms. The largest absolute Gasteiger partial charge is 0.497 e. The van der Waals surface area contributed by atoms with Crippen LogP contribution in [0.25, 0.3) is 0 Å². The quantitative estimate of drug-likeness (QED) is 0.636. The molecule has 102 valence electrons. The topological polar surface area (TPSA) is 82.3 Å². The molecule has 1 aromatic carbocycles. The van der Waals surface area contributed by atoms with E-state index in [1.165, 1.54) is 11.5 Å². The predicted octanol–water partition coefficient (Wildman–Crippen LogP) is 1.42. The van der Waals surface area contributed by atoms with Gasteiger partial charge in [-0.2, -0.15) is 0 Å². The standard InChI is InChI=1S/C12H16N4O2S/c1-7-12(19-16-15-7)11(14-13)9-5-4-8(17-2)6-10(9)18-3/h4-6,11,14H,13H2,1-3H3. The minimum atomic E-state index is -0.208. The number of aryl methyl sites for hydroxylation is 1. The van der Waals surface area contributed by atoms with E-state index < -0.39 is 0 Å². The van der Waals surface area contributed by atoms with Crippen molar-refractivity contribution in [3.8, 4) is 11.5 Å². The Hall–Kier alpha value is -1.70. The molecule has 0 amide bonds. The number of nitrogens with two attached hydrogens (primary N) is 1. The lowest BCUT2D eigenvalue weighted by molar-refractivity contribution is 0.387. The van der Waals surface area contributed by atoms with Crippen LogP contribution < -0.4 is 20.7 Å². The number of hydrogen-bond donors (Lipinski definition) is 2. The van der Waals surface area contributed by atoms with Crippen LogP contribution in [0.1, 0.15) is 22.2 Å². The SMILES string of the molecule is COc1ccc(C(NN)c2snnc2C)c(OC)c1. The van der Waals surface area contributed by atoms with Crippen LogP contribution in [0.15, 0.2) is 18.2 Å². The second-order valence-electron chi connectivity index (χ2n) is 3.93. The first kappa shape index (κ1) is 13.7. The third-order valence-electron chi connectivity index (χ3n) is 2.87. The first-order valence-corrected chi connectivity index (χ1v) is 6.45. The molecule has 2 rings (SSSR count). The van der Waals surface area contributed by atoms with Gasteiger partial charge in [0.25, 0.3) is 0 Å². The highest BCUT2D eigenvalue weighted by molar-refractivity contribution is 7.05. The molecule has 0 spiro atoms. The van der Waals surface area contributed by atoms with Crippen LogP contribution >= 0.6 is 11.5 Å². The van der Waals surface area contributed by atoms with E-state index in [0.29, 0.717) is 5.75 Å². The molecule has 0 aliphatic rings. The summed E-state index contributed by atoms with van der Waals surface area (Å²) < 4.78 is 14.5. The molecule has 1 aromatic heterocycles. The van der Waals surface area contributed by atoms with Crippen LogP contribution in [0.4, 0.5) is 0 Å². The third kappa shape index (κ3) is 2.67. The monoisotopic (exact) mass is 280 g/mol. The number of hydrogen-bond acceptors (Lipinski definition) is 7. The molecule has 0 aliphatic heterocycles. The predicted molar refractivity (Wildman–Crippen MR) is 73.4 cm³/mol. The fourth-order valence-electron chi connectivity index (χ4n) is 1.87. The molecule has 3 N–H and O–H groups in total. The Bertz CT molecular complexity index is 558. The summed E-state index contributed by atoms with van der Waals surface area (Å²) in [6, 6.07) is 5.40. The van der Waals surface area contributed by atoms with E-state index in [2.05, 4.69) is 15.0 Å². The molecule has 1 unspecified atom stereocenters. The van der Waals surface area contributed by atoms with E-state index in [1.807, 2.05) is 25.1 Å². The van der Waals surface area contributed by atoms with Crippen LogP contribution in [-0.2, 0) is 0 Å². The second kappa shape index (κ2) is 5.96. The third-order valence-corrected chi connectivity index (χ3v) is 3.76. The summed E-state index contributed by atoms with van der Waals surface area (Å²) in [7, 11) is 3.23. The van der Waals surface area contributed by atoms with Crippen LogP contribution in [0, 0.1) is 6.92 Å². The van der Waals surface area contributed by atoms with Gasteiger partial charge >= 0.3 is 0 Å². The van der Waals surface area contributed by atoms with Crippen LogP contribution in [0.2, 0.25) is 0 Å². The maximum absolute atomic E-state index is 5.67. The van der Waals surface area contributed by atoms with Crippen molar-refractivity contribution in [2.45, 2.75) is 13.0 Å². The smallest absolute Gasteiger partial charge is 0.127 e. The van der Waals surface area contributed by atoms with Gasteiger partial charge in [-0.1, -0.05) is 4.49 Å². The summed E-state index contributed by atoms with van der Waals surface area (Å²) in [5.41, 5.74) is 4.55. The van der Waals surface area contributed by atoms with E-state index in [1.54, 1.807) is 14.2 Å². The Morgan fingerprint density at radius 2 is 2.11 bits per heavy atom. The van der Waals surface area contributed by atoms with Gasteiger partial charge < -0.3 is 9.47 Å². The van der Waals surface area contributed by atoms with E-state index in [-0.39, 0.29) is 6.04 Å². The van der Waals surface area contributed by atoms with Crippen molar-refractivity contribution in [2.24, 2.45) is 5.84 Å². The number of benzene rings is 1. The molecule has 1 atom stereocenters. The van der Waals surface area contributed by atoms with Crippen molar-refractivity contribution < 1.29 is 9.47 Å². The molecule has 2 aromatic rings.